The lowest BCUT2D eigenvalue weighted by molar-refractivity contribution is -0.142. The van der Waals surface area contributed by atoms with E-state index in [-0.39, 0.29) is 0 Å². The largest absolute Gasteiger partial charge is 0.406 e. The van der Waals surface area contributed by atoms with E-state index in [2.05, 4.69) is 0 Å². The summed E-state index contributed by atoms with van der Waals surface area (Å²) in [6.07, 6.45) is -10.3. The second-order valence-corrected chi connectivity index (χ2v) is 5.75. The Bertz CT molecular complexity index is 1150. The Balaban J connectivity index is 2.53. The first-order valence-corrected chi connectivity index (χ1v) is 7.06. The van der Waals surface area contributed by atoms with Gasteiger partial charge in [-0.05, 0) is 0 Å². The number of halogens is 8. The summed E-state index contributed by atoms with van der Waals surface area (Å²) in [4.78, 5) is 47.9. The highest BCUT2D eigenvalue weighted by molar-refractivity contribution is 5.99. The summed E-state index contributed by atoms with van der Waals surface area (Å²) < 4.78 is 103. The molecule has 3 rings (SSSR count). The van der Waals surface area contributed by atoms with Crippen molar-refractivity contribution in [2.75, 3.05) is 0 Å². The van der Waals surface area contributed by atoms with Crippen molar-refractivity contribution in [2.45, 2.75) is 25.4 Å². The van der Waals surface area contributed by atoms with Crippen LogP contribution in [0.15, 0.2) is 19.2 Å². The summed E-state index contributed by atoms with van der Waals surface area (Å²) in [6, 6.07) is 0. The third-order valence-electron chi connectivity index (χ3n) is 3.89. The van der Waals surface area contributed by atoms with Crippen molar-refractivity contribution in [3.05, 3.63) is 53.0 Å². The van der Waals surface area contributed by atoms with Crippen LogP contribution in [0.5, 0.6) is 0 Å². The maximum absolute atomic E-state index is 14.6. The average Bonchev–Trinajstić information content (AvgIpc) is 2.91. The number of fused-ring (bicyclic) bond motifs is 2. The molecule has 0 aliphatic rings. The SMILES string of the molecule is O=c1c2c(F)c3c(=O)n(CC(F)(F)F)c(=O)c3c(F)c2c(=O)n1CC(F)(F)F. The summed E-state index contributed by atoms with van der Waals surface area (Å²) in [7, 11) is 0. The zero-order valence-corrected chi connectivity index (χ0v) is 13.0. The lowest BCUT2D eigenvalue weighted by Gasteiger charge is -2.04. The molecule has 0 aliphatic heterocycles. The zero-order chi connectivity index (χ0) is 21.3. The molecule has 0 saturated heterocycles. The molecule has 0 saturated carbocycles. The van der Waals surface area contributed by atoms with Crippen molar-refractivity contribution in [3.8, 4) is 0 Å². The molecule has 14 heteroatoms. The minimum absolute atomic E-state index is 0.547. The second-order valence-electron chi connectivity index (χ2n) is 5.75. The molecule has 0 amide bonds. The van der Waals surface area contributed by atoms with Gasteiger partial charge in [-0.3, -0.25) is 28.3 Å². The van der Waals surface area contributed by atoms with Gasteiger partial charge in [0.2, 0.25) is 0 Å². The van der Waals surface area contributed by atoms with E-state index in [1.807, 2.05) is 0 Å². The Hall–Kier alpha value is -3.06. The molecule has 1 aromatic carbocycles. The normalized spacial score (nSPS) is 13.1. The Morgan fingerprint density at radius 2 is 0.750 bits per heavy atom. The van der Waals surface area contributed by atoms with Crippen LogP contribution in [0.25, 0.3) is 21.5 Å². The van der Waals surface area contributed by atoms with Crippen molar-refractivity contribution in [3.63, 3.8) is 0 Å². The summed E-state index contributed by atoms with van der Waals surface area (Å²) in [5, 5.41) is -6.22. The number of alkyl halides is 6. The van der Waals surface area contributed by atoms with Crippen LogP contribution in [0.1, 0.15) is 0 Å². The predicted octanol–water partition coefficient (Wildman–Crippen LogP) is 1.32. The van der Waals surface area contributed by atoms with Gasteiger partial charge >= 0.3 is 12.4 Å². The number of aromatic nitrogens is 2. The van der Waals surface area contributed by atoms with Crippen LogP contribution in [0.3, 0.4) is 0 Å². The Labute approximate surface area is 145 Å². The second kappa shape index (κ2) is 5.72. The fourth-order valence-corrected chi connectivity index (χ4v) is 2.86. The first-order valence-electron chi connectivity index (χ1n) is 7.06. The predicted molar refractivity (Wildman–Crippen MR) is 76.9 cm³/mol. The zero-order valence-electron chi connectivity index (χ0n) is 13.0. The van der Waals surface area contributed by atoms with Gasteiger partial charge in [0, 0.05) is 0 Å². The lowest BCUT2D eigenvalue weighted by atomic mass is 10.1. The third-order valence-corrected chi connectivity index (χ3v) is 3.89. The molecule has 0 bridgehead atoms. The molecular weight excluding hydrogens is 412 g/mol. The van der Waals surface area contributed by atoms with Gasteiger partial charge in [-0.25, -0.2) is 8.78 Å². The smallest absolute Gasteiger partial charge is 0.268 e. The highest BCUT2D eigenvalue weighted by Gasteiger charge is 2.36. The molecule has 3 aromatic rings. The van der Waals surface area contributed by atoms with E-state index in [1.54, 1.807) is 0 Å². The van der Waals surface area contributed by atoms with E-state index < -0.39 is 90.0 Å². The molecule has 0 unspecified atom stereocenters. The average molecular weight is 416 g/mol. The molecule has 6 nitrogen and oxygen atoms in total. The van der Waals surface area contributed by atoms with Crippen LogP contribution in [0.2, 0.25) is 0 Å². The van der Waals surface area contributed by atoms with Crippen molar-refractivity contribution in [1.82, 2.24) is 9.13 Å². The Morgan fingerprint density at radius 1 is 0.536 bits per heavy atom. The van der Waals surface area contributed by atoms with Gasteiger partial charge in [0.25, 0.3) is 22.2 Å². The molecule has 150 valence electrons. The van der Waals surface area contributed by atoms with Gasteiger partial charge in [0.15, 0.2) is 11.6 Å². The molecule has 28 heavy (non-hydrogen) atoms. The Kier molecular flexibility index (Phi) is 4.02. The van der Waals surface area contributed by atoms with E-state index >= 15 is 0 Å². The van der Waals surface area contributed by atoms with Crippen LogP contribution in [0.4, 0.5) is 35.1 Å². The van der Waals surface area contributed by atoms with E-state index in [0.717, 1.165) is 0 Å². The molecule has 0 N–H and O–H groups in total. The number of benzene rings is 1. The molecular formula is C14H4F8N2O4. The van der Waals surface area contributed by atoms with E-state index in [1.165, 1.54) is 0 Å². The topological polar surface area (TPSA) is 78.1 Å². The minimum atomic E-state index is -5.13. The summed E-state index contributed by atoms with van der Waals surface area (Å²) in [5.74, 6) is -4.09. The number of rotatable bonds is 2. The first kappa shape index (κ1) is 19.7. The molecule has 0 aliphatic carbocycles. The van der Waals surface area contributed by atoms with Gasteiger partial charge in [0.05, 0.1) is 21.5 Å². The van der Waals surface area contributed by atoms with Crippen molar-refractivity contribution < 1.29 is 35.1 Å². The van der Waals surface area contributed by atoms with Gasteiger partial charge in [-0.1, -0.05) is 0 Å². The van der Waals surface area contributed by atoms with Gasteiger partial charge in [-0.2, -0.15) is 26.3 Å². The summed E-state index contributed by atoms with van der Waals surface area (Å²) >= 11 is 0. The Morgan fingerprint density at radius 3 is 0.929 bits per heavy atom. The van der Waals surface area contributed by atoms with Gasteiger partial charge in [0.1, 0.15) is 13.1 Å². The maximum Gasteiger partial charge on any atom is 0.406 e. The van der Waals surface area contributed by atoms with Crippen LogP contribution in [0, 0.1) is 11.6 Å². The van der Waals surface area contributed by atoms with E-state index in [9.17, 15) is 54.3 Å². The van der Waals surface area contributed by atoms with E-state index in [0.29, 0.717) is 0 Å². The highest BCUT2D eigenvalue weighted by atomic mass is 19.4. The summed E-state index contributed by atoms with van der Waals surface area (Å²) in [6.45, 7) is -4.41. The van der Waals surface area contributed by atoms with Crippen molar-refractivity contribution in [2.24, 2.45) is 0 Å². The lowest BCUT2D eigenvalue weighted by Crippen LogP contribution is -2.33. The molecule has 2 aromatic heterocycles. The molecule has 0 radical (unpaired) electrons. The first-order chi connectivity index (χ1) is 12.7. The molecule has 0 fully saturated rings. The van der Waals surface area contributed by atoms with Crippen molar-refractivity contribution >= 4 is 21.5 Å². The molecule has 0 atom stereocenters. The number of hydrogen-bond acceptors (Lipinski definition) is 4. The van der Waals surface area contributed by atoms with Gasteiger partial charge < -0.3 is 0 Å². The standard InChI is InChI=1S/C14H4F8N2O4/c15-7-3-4(10(26)23(9(3)25)1-13(17,18)19)8(16)6-5(7)11(27)24(12(6)28)2-14(20,21)22/h1-2H2. The summed E-state index contributed by atoms with van der Waals surface area (Å²) in [5.41, 5.74) is -7.76. The van der Waals surface area contributed by atoms with Crippen LogP contribution >= 0.6 is 0 Å². The molecule has 2 heterocycles. The quantitative estimate of drug-likeness (QED) is 0.591. The third kappa shape index (κ3) is 2.79. The number of hydrogen-bond donors (Lipinski definition) is 0. The van der Waals surface area contributed by atoms with Crippen LogP contribution in [-0.2, 0) is 13.1 Å². The highest BCUT2D eigenvalue weighted by Crippen LogP contribution is 2.26. The fourth-order valence-electron chi connectivity index (χ4n) is 2.86. The molecule has 0 spiro atoms. The number of nitrogens with zero attached hydrogens (tertiary/aromatic N) is 2. The fraction of sp³-hybridized carbons (Fsp3) is 0.286. The van der Waals surface area contributed by atoms with Crippen molar-refractivity contribution in [1.29, 1.82) is 0 Å². The monoisotopic (exact) mass is 416 g/mol. The van der Waals surface area contributed by atoms with Gasteiger partial charge in [-0.15, -0.1) is 0 Å². The minimum Gasteiger partial charge on any atom is -0.268 e. The van der Waals surface area contributed by atoms with E-state index in [4.69, 9.17) is 0 Å². The van der Waals surface area contributed by atoms with Crippen LogP contribution < -0.4 is 22.2 Å². The van der Waals surface area contributed by atoms with Crippen LogP contribution in [-0.4, -0.2) is 21.5 Å². The maximum atomic E-state index is 14.6.